The van der Waals surface area contributed by atoms with Gasteiger partial charge in [-0.2, -0.15) is 0 Å². The number of nitrogens with one attached hydrogen (secondary N) is 1. The fourth-order valence-corrected chi connectivity index (χ4v) is 2.23. The Morgan fingerprint density at radius 1 is 1.35 bits per heavy atom. The maximum Gasteiger partial charge on any atom is 0.295 e. The number of hydrogen-bond donors (Lipinski definition) is 1. The number of piperazine rings is 1. The number of nitrogens with zero attached hydrogens (tertiary/aromatic N) is 3. The van der Waals surface area contributed by atoms with E-state index in [4.69, 9.17) is 0 Å². The summed E-state index contributed by atoms with van der Waals surface area (Å²) in [7, 11) is 2.09. The third kappa shape index (κ3) is 3.88. The van der Waals surface area contributed by atoms with Crippen molar-refractivity contribution in [3.05, 3.63) is 34.1 Å². The van der Waals surface area contributed by atoms with E-state index in [2.05, 4.69) is 22.2 Å². The van der Waals surface area contributed by atoms with Gasteiger partial charge in [-0.3, -0.25) is 15.0 Å². The molecule has 0 bridgehead atoms. The van der Waals surface area contributed by atoms with Gasteiger partial charge in [0.05, 0.1) is 11.0 Å². The van der Waals surface area contributed by atoms with E-state index in [1.807, 2.05) is 0 Å². The minimum absolute atomic E-state index is 0.219. The topological polar surface area (TPSA) is 61.6 Å². The quantitative estimate of drug-likeness (QED) is 0.653. The third-order valence-corrected chi connectivity index (χ3v) is 3.50. The molecule has 6 nitrogen and oxygen atoms in total. The molecule has 20 heavy (non-hydrogen) atoms. The molecule has 2 rings (SSSR count). The molecule has 7 heteroatoms. The van der Waals surface area contributed by atoms with Crippen molar-refractivity contribution in [2.24, 2.45) is 0 Å². The summed E-state index contributed by atoms with van der Waals surface area (Å²) < 4.78 is 13.0. The Hall–Kier alpha value is -1.73. The second-order valence-electron chi connectivity index (χ2n) is 4.99. The summed E-state index contributed by atoms with van der Waals surface area (Å²) >= 11 is 0. The highest BCUT2D eigenvalue weighted by Crippen LogP contribution is 2.24. The van der Waals surface area contributed by atoms with E-state index in [0.717, 1.165) is 38.8 Å². The number of benzene rings is 1. The summed E-state index contributed by atoms with van der Waals surface area (Å²) in [5.41, 5.74) is 0.147. The zero-order chi connectivity index (χ0) is 14.5. The molecule has 1 aromatic carbocycles. The number of rotatable bonds is 5. The third-order valence-electron chi connectivity index (χ3n) is 3.50. The zero-order valence-corrected chi connectivity index (χ0v) is 11.5. The van der Waals surface area contributed by atoms with Gasteiger partial charge in [0.15, 0.2) is 0 Å². The summed E-state index contributed by atoms with van der Waals surface area (Å²) in [6.45, 7) is 5.51. The molecular weight excluding hydrogens is 263 g/mol. The first kappa shape index (κ1) is 14.7. The highest BCUT2D eigenvalue weighted by Gasteiger charge is 2.16. The van der Waals surface area contributed by atoms with Crippen LogP contribution in [0.5, 0.6) is 0 Å². The standard InChI is InChI=1S/C13H19FN4O2/c1-16-6-8-17(9-7-16)5-4-15-12-3-2-11(14)10-13(12)18(19)20/h2-3,10,15H,4-9H2,1H3. The van der Waals surface area contributed by atoms with Gasteiger partial charge >= 0.3 is 0 Å². The average Bonchev–Trinajstić information content (AvgIpc) is 2.42. The molecule has 0 amide bonds. The lowest BCUT2D eigenvalue weighted by molar-refractivity contribution is -0.384. The molecule has 0 atom stereocenters. The van der Waals surface area contributed by atoms with Gasteiger partial charge in [-0.05, 0) is 19.2 Å². The van der Waals surface area contributed by atoms with Gasteiger partial charge < -0.3 is 10.2 Å². The average molecular weight is 282 g/mol. The zero-order valence-electron chi connectivity index (χ0n) is 11.5. The van der Waals surface area contributed by atoms with E-state index in [0.29, 0.717) is 12.2 Å². The van der Waals surface area contributed by atoms with Crippen molar-refractivity contribution in [2.75, 3.05) is 51.6 Å². The molecule has 1 N–H and O–H groups in total. The van der Waals surface area contributed by atoms with Gasteiger partial charge in [0.1, 0.15) is 11.5 Å². The lowest BCUT2D eigenvalue weighted by atomic mass is 10.2. The Bertz CT molecular complexity index is 475. The molecule has 1 fully saturated rings. The van der Waals surface area contributed by atoms with E-state index in [1.54, 1.807) is 0 Å². The Morgan fingerprint density at radius 2 is 2.05 bits per heavy atom. The van der Waals surface area contributed by atoms with Gasteiger partial charge in [0, 0.05) is 39.3 Å². The highest BCUT2D eigenvalue weighted by atomic mass is 19.1. The van der Waals surface area contributed by atoms with Crippen LogP contribution in [0.1, 0.15) is 0 Å². The number of halogens is 1. The first-order valence-corrected chi connectivity index (χ1v) is 6.65. The smallest absolute Gasteiger partial charge is 0.295 e. The van der Waals surface area contributed by atoms with Crippen LogP contribution < -0.4 is 5.32 Å². The van der Waals surface area contributed by atoms with E-state index >= 15 is 0 Å². The number of nitro groups is 1. The van der Waals surface area contributed by atoms with Gasteiger partial charge in [-0.25, -0.2) is 4.39 Å². The molecule has 0 radical (unpaired) electrons. The van der Waals surface area contributed by atoms with Crippen LogP contribution in [0.2, 0.25) is 0 Å². The second kappa shape index (κ2) is 6.62. The molecule has 1 aliphatic heterocycles. The molecular formula is C13H19FN4O2. The van der Waals surface area contributed by atoms with Crippen molar-refractivity contribution in [2.45, 2.75) is 0 Å². The highest BCUT2D eigenvalue weighted by molar-refractivity contribution is 5.61. The molecule has 0 unspecified atom stereocenters. The molecule has 0 aromatic heterocycles. The Kier molecular flexibility index (Phi) is 4.86. The summed E-state index contributed by atoms with van der Waals surface area (Å²) in [5, 5.41) is 13.9. The Morgan fingerprint density at radius 3 is 2.70 bits per heavy atom. The maximum absolute atomic E-state index is 13.0. The lowest BCUT2D eigenvalue weighted by Crippen LogP contribution is -2.45. The normalized spacial score (nSPS) is 17.1. The fourth-order valence-electron chi connectivity index (χ4n) is 2.23. The van der Waals surface area contributed by atoms with Crippen LogP contribution in [0.15, 0.2) is 18.2 Å². The SMILES string of the molecule is CN1CCN(CCNc2ccc(F)cc2[N+](=O)[O-])CC1. The summed E-state index contributed by atoms with van der Waals surface area (Å²) in [5.74, 6) is -0.596. The van der Waals surface area contributed by atoms with Crippen LogP contribution in [-0.2, 0) is 0 Å². The predicted molar refractivity (Wildman–Crippen MR) is 75.5 cm³/mol. The van der Waals surface area contributed by atoms with Crippen molar-refractivity contribution < 1.29 is 9.31 Å². The molecule has 110 valence electrons. The predicted octanol–water partition coefficient (Wildman–Crippen LogP) is 1.39. The van der Waals surface area contributed by atoms with Crippen molar-refractivity contribution in [1.82, 2.24) is 9.80 Å². The summed E-state index contributed by atoms with van der Waals surface area (Å²) in [4.78, 5) is 14.9. The second-order valence-corrected chi connectivity index (χ2v) is 4.99. The van der Waals surface area contributed by atoms with Crippen LogP contribution in [0.3, 0.4) is 0 Å². The van der Waals surface area contributed by atoms with Gasteiger partial charge in [-0.1, -0.05) is 0 Å². The number of likely N-dealkylation sites (N-methyl/N-ethyl adjacent to an activating group) is 1. The maximum atomic E-state index is 13.0. The molecule has 1 heterocycles. The molecule has 1 aromatic rings. The summed E-state index contributed by atoms with van der Waals surface area (Å²) in [6.07, 6.45) is 0. The number of hydrogen-bond acceptors (Lipinski definition) is 5. The Balaban J connectivity index is 1.86. The van der Waals surface area contributed by atoms with Crippen LogP contribution in [0, 0.1) is 15.9 Å². The fraction of sp³-hybridized carbons (Fsp3) is 0.538. The van der Waals surface area contributed by atoms with E-state index in [9.17, 15) is 14.5 Å². The molecule has 0 saturated carbocycles. The first-order valence-electron chi connectivity index (χ1n) is 6.65. The minimum atomic E-state index is -0.596. The minimum Gasteiger partial charge on any atom is -0.378 e. The monoisotopic (exact) mass is 282 g/mol. The van der Waals surface area contributed by atoms with Crippen molar-refractivity contribution in [3.8, 4) is 0 Å². The first-order chi connectivity index (χ1) is 9.56. The van der Waals surface area contributed by atoms with Crippen molar-refractivity contribution >= 4 is 11.4 Å². The number of anilines is 1. The Labute approximate surface area is 117 Å². The van der Waals surface area contributed by atoms with E-state index in [-0.39, 0.29) is 5.69 Å². The van der Waals surface area contributed by atoms with Crippen LogP contribution in [0.4, 0.5) is 15.8 Å². The largest absolute Gasteiger partial charge is 0.378 e. The molecule has 0 spiro atoms. The molecule has 1 aliphatic rings. The van der Waals surface area contributed by atoms with Crippen LogP contribution in [-0.4, -0.2) is 61.0 Å². The van der Waals surface area contributed by atoms with E-state index in [1.165, 1.54) is 12.1 Å². The molecule has 0 aliphatic carbocycles. The van der Waals surface area contributed by atoms with E-state index < -0.39 is 10.7 Å². The lowest BCUT2D eigenvalue weighted by Gasteiger charge is -2.32. The molecule has 1 saturated heterocycles. The van der Waals surface area contributed by atoms with Crippen LogP contribution in [0.25, 0.3) is 0 Å². The van der Waals surface area contributed by atoms with Crippen molar-refractivity contribution in [3.63, 3.8) is 0 Å². The summed E-state index contributed by atoms with van der Waals surface area (Å²) in [6, 6.07) is 3.58. The van der Waals surface area contributed by atoms with Crippen LogP contribution >= 0.6 is 0 Å². The number of nitro benzene ring substituents is 1. The van der Waals surface area contributed by atoms with Gasteiger partial charge in [0.2, 0.25) is 0 Å². The van der Waals surface area contributed by atoms with Crippen molar-refractivity contribution in [1.29, 1.82) is 0 Å². The van der Waals surface area contributed by atoms with Gasteiger partial charge in [0.25, 0.3) is 5.69 Å². The van der Waals surface area contributed by atoms with Gasteiger partial charge in [-0.15, -0.1) is 0 Å².